The lowest BCUT2D eigenvalue weighted by Gasteiger charge is -2.25. The Balaban J connectivity index is 1.50. The number of nitrogens with zero attached hydrogens (tertiary/aromatic N) is 1. The van der Waals surface area contributed by atoms with Crippen molar-refractivity contribution in [2.75, 3.05) is 7.11 Å². The molecule has 1 aromatic heterocycles. The van der Waals surface area contributed by atoms with Crippen molar-refractivity contribution in [3.63, 3.8) is 0 Å². The third-order valence-electron chi connectivity index (χ3n) is 6.77. The smallest absolute Gasteiger partial charge is 0.329 e. The Bertz CT molecular complexity index is 1530. The predicted octanol–water partition coefficient (Wildman–Crippen LogP) is 5.47. The molecule has 1 aliphatic carbocycles. The van der Waals surface area contributed by atoms with Crippen molar-refractivity contribution in [3.05, 3.63) is 114 Å². The van der Waals surface area contributed by atoms with Gasteiger partial charge in [0.15, 0.2) is 0 Å². The summed E-state index contributed by atoms with van der Waals surface area (Å²) in [6, 6.07) is 30.2. The van der Waals surface area contributed by atoms with Gasteiger partial charge >= 0.3 is 5.97 Å². The van der Waals surface area contributed by atoms with Gasteiger partial charge in [-0.05, 0) is 34.4 Å². The minimum Gasteiger partial charge on any atom is -0.467 e. The van der Waals surface area contributed by atoms with Crippen molar-refractivity contribution in [2.24, 2.45) is 0 Å². The number of fused-ring (bicyclic) bond motifs is 5. The topological polar surface area (TPSA) is 68.3 Å². The highest BCUT2D eigenvalue weighted by atomic mass is 16.5. The maximum Gasteiger partial charge on any atom is 0.329 e. The van der Waals surface area contributed by atoms with Crippen molar-refractivity contribution < 1.29 is 14.3 Å². The number of methoxy groups -OCH3 is 1. The summed E-state index contributed by atoms with van der Waals surface area (Å²) in [6.07, 6.45) is 0. The summed E-state index contributed by atoms with van der Waals surface area (Å²) in [4.78, 5) is 31.8. The van der Waals surface area contributed by atoms with E-state index < -0.39 is 12.0 Å². The van der Waals surface area contributed by atoms with Gasteiger partial charge in [0.25, 0.3) is 5.91 Å². The molecule has 0 aliphatic heterocycles. The van der Waals surface area contributed by atoms with E-state index in [9.17, 15) is 9.59 Å². The summed E-state index contributed by atoms with van der Waals surface area (Å²) >= 11 is 0. The number of esters is 1. The van der Waals surface area contributed by atoms with Crippen molar-refractivity contribution in [1.29, 1.82) is 0 Å². The molecular formula is C30H22N2O3. The van der Waals surface area contributed by atoms with Gasteiger partial charge in [-0.3, -0.25) is 4.79 Å². The largest absolute Gasteiger partial charge is 0.467 e. The average molecular weight is 459 g/mol. The standard InChI is InChI=1S/C30H22N2O3/c1-35-30(34)28(26-20-12-4-2-10-18(20)19-11-3-5-13-21(19)26)32-29(33)27-22-14-6-8-16-24(22)31-25-17-9-7-15-23(25)27/h2-17,26,28H,1H3,(H,32,33)/t28-/m0/s1. The molecule has 5 nitrogen and oxygen atoms in total. The number of nitrogens with one attached hydrogen (secondary N) is 1. The Morgan fingerprint density at radius 1 is 0.743 bits per heavy atom. The van der Waals surface area contributed by atoms with E-state index in [1.807, 2.05) is 97.1 Å². The third-order valence-corrected chi connectivity index (χ3v) is 6.77. The molecule has 0 spiro atoms. The monoisotopic (exact) mass is 458 g/mol. The number of pyridine rings is 1. The van der Waals surface area contributed by atoms with E-state index in [1.54, 1.807) is 0 Å². The zero-order chi connectivity index (χ0) is 23.9. The quantitative estimate of drug-likeness (QED) is 0.286. The van der Waals surface area contributed by atoms with Crippen LogP contribution in [0, 0.1) is 0 Å². The van der Waals surface area contributed by atoms with Gasteiger partial charge in [0.05, 0.1) is 23.7 Å². The highest BCUT2D eigenvalue weighted by molar-refractivity contribution is 6.16. The SMILES string of the molecule is COC(=O)[C@@H](NC(=O)c1c2ccccc2nc2ccccc12)C1c2ccccc2-c2ccccc21. The molecule has 0 unspecified atom stereocenters. The zero-order valence-electron chi connectivity index (χ0n) is 19.1. The molecule has 0 radical (unpaired) electrons. The Morgan fingerprint density at radius 3 is 1.77 bits per heavy atom. The van der Waals surface area contributed by atoms with E-state index in [4.69, 9.17) is 9.72 Å². The van der Waals surface area contributed by atoms with Crippen molar-refractivity contribution in [2.45, 2.75) is 12.0 Å². The Morgan fingerprint density at radius 2 is 1.23 bits per heavy atom. The van der Waals surface area contributed by atoms with Gasteiger partial charge in [-0.25, -0.2) is 9.78 Å². The molecule has 1 N–H and O–H groups in total. The lowest BCUT2D eigenvalue weighted by atomic mass is 9.88. The first-order valence-electron chi connectivity index (χ1n) is 11.5. The molecule has 1 amide bonds. The maximum atomic E-state index is 13.9. The summed E-state index contributed by atoms with van der Waals surface area (Å²) in [7, 11) is 1.35. The highest BCUT2D eigenvalue weighted by Crippen LogP contribution is 2.46. The van der Waals surface area contributed by atoms with E-state index in [-0.39, 0.29) is 11.8 Å². The Hall–Kier alpha value is -4.51. The van der Waals surface area contributed by atoms with Crippen LogP contribution >= 0.6 is 0 Å². The van der Waals surface area contributed by atoms with Crippen LogP contribution in [0.15, 0.2) is 97.1 Å². The van der Waals surface area contributed by atoms with Crippen molar-refractivity contribution in [3.8, 4) is 11.1 Å². The van der Waals surface area contributed by atoms with Crippen LogP contribution in [0.3, 0.4) is 0 Å². The highest BCUT2D eigenvalue weighted by Gasteiger charge is 2.40. The van der Waals surface area contributed by atoms with Gasteiger partial charge in [0, 0.05) is 16.7 Å². The number of aromatic nitrogens is 1. The molecule has 5 heteroatoms. The van der Waals surface area contributed by atoms with Crippen molar-refractivity contribution in [1.82, 2.24) is 10.3 Å². The molecule has 0 fully saturated rings. The fourth-order valence-corrected chi connectivity index (χ4v) is 5.26. The number of rotatable bonds is 4. The first-order chi connectivity index (χ1) is 17.2. The van der Waals surface area contributed by atoms with E-state index in [1.165, 1.54) is 7.11 Å². The molecular weight excluding hydrogens is 436 g/mol. The maximum absolute atomic E-state index is 13.9. The Labute approximate surface area is 202 Å². The second kappa shape index (κ2) is 8.37. The number of ether oxygens (including phenoxy) is 1. The van der Waals surface area contributed by atoms with Crippen LogP contribution in [0.4, 0.5) is 0 Å². The first-order valence-corrected chi connectivity index (χ1v) is 11.5. The van der Waals surface area contributed by atoms with Crippen LogP contribution < -0.4 is 5.32 Å². The molecule has 1 aliphatic rings. The fraction of sp³-hybridized carbons (Fsp3) is 0.100. The molecule has 6 rings (SSSR count). The molecule has 4 aromatic carbocycles. The van der Waals surface area contributed by atoms with Crippen LogP contribution in [0.25, 0.3) is 32.9 Å². The number of hydrogen-bond donors (Lipinski definition) is 1. The van der Waals surface area contributed by atoms with Crippen LogP contribution in [0.5, 0.6) is 0 Å². The number of amides is 1. The molecule has 0 saturated heterocycles. The minimum absolute atomic E-state index is 0.336. The van der Waals surface area contributed by atoms with Crippen LogP contribution in [-0.4, -0.2) is 30.0 Å². The lowest BCUT2D eigenvalue weighted by molar-refractivity contribution is -0.143. The van der Waals surface area contributed by atoms with E-state index in [0.717, 1.165) is 44.1 Å². The number of hydrogen-bond acceptors (Lipinski definition) is 4. The second-order valence-corrected chi connectivity index (χ2v) is 8.65. The van der Waals surface area contributed by atoms with E-state index in [2.05, 4.69) is 5.32 Å². The van der Waals surface area contributed by atoms with Gasteiger partial charge < -0.3 is 10.1 Å². The van der Waals surface area contributed by atoms with Gasteiger partial charge in [-0.2, -0.15) is 0 Å². The molecule has 1 heterocycles. The van der Waals surface area contributed by atoms with Crippen LogP contribution in [-0.2, 0) is 9.53 Å². The predicted molar refractivity (Wildman–Crippen MR) is 136 cm³/mol. The molecule has 35 heavy (non-hydrogen) atoms. The fourth-order valence-electron chi connectivity index (χ4n) is 5.26. The molecule has 1 atom stereocenters. The van der Waals surface area contributed by atoms with Crippen LogP contribution in [0.2, 0.25) is 0 Å². The Kier molecular flexibility index (Phi) is 5.03. The van der Waals surface area contributed by atoms with Gasteiger partial charge in [-0.15, -0.1) is 0 Å². The van der Waals surface area contributed by atoms with Gasteiger partial charge in [0.1, 0.15) is 6.04 Å². The molecule has 170 valence electrons. The third kappa shape index (κ3) is 3.36. The van der Waals surface area contributed by atoms with Crippen molar-refractivity contribution >= 4 is 33.7 Å². The van der Waals surface area contributed by atoms with Gasteiger partial charge in [0.2, 0.25) is 0 Å². The number of carbonyl (C=O) groups is 2. The summed E-state index contributed by atoms with van der Waals surface area (Å²) in [5.41, 5.74) is 6.07. The second-order valence-electron chi connectivity index (χ2n) is 8.65. The summed E-state index contributed by atoms with van der Waals surface area (Å²) < 4.78 is 5.20. The normalized spacial score (nSPS) is 13.3. The van der Waals surface area contributed by atoms with Gasteiger partial charge in [-0.1, -0.05) is 84.9 Å². The average Bonchev–Trinajstić information content (AvgIpc) is 3.24. The number of benzene rings is 4. The molecule has 5 aromatic rings. The minimum atomic E-state index is -0.900. The summed E-state index contributed by atoms with van der Waals surface area (Å²) in [6.45, 7) is 0. The zero-order valence-corrected chi connectivity index (χ0v) is 19.1. The first kappa shape index (κ1) is 21.1. The summed E-state index contributed by atoms with van der Waals surface area (Å²) in [5, 5.41) is 4.52. The van der Waals surface area contributed by atoms with Crippen LogP contribution in [0.1, 0.15) is 27.4 Å². The number of carbonyl (C=O) groups excluding carboxylic acids is 2. The number of para-hydroxylation sites is 2. The molecule has 0 saturated carbocycles. The van der Waals surface area contributed by atoms with E-state index >= 15 is 0 Å². The van der Waals surface area contributed by atoms with E-state index in [0.29, 0.717) is 5.56 Å². The molecule has 0 bridgehead atoms. The lowest BCUT2D eigenvalue weighted by Crippen LogP contribution is -2.45. The summed E-state index contributed by atoms with van der Waals surface area (Å²) in [5.74, 6) is -1.19.